The number of anilines is 1. The van der Waals surface area contributed by atoms with Crippen LogP contribution >= 0.6 is 11.3 Å². The number of thiazole rings is 1. The molecule has 5 aromatic rings. The number of pyridine rings is 1. The zero-order chi connectivity index (χ0) is 22.4. The Kier molecular flexibility index (Phi) is 5.11. The molecule has 1 aliphatic rings. The van der Waals surface area contributed by atoms with Gasteiger partial charge in [0, 0.05) is 45.7 Å². The predicted octanol–water partition coefficient (Wildman–Crippen LogP) is 5.09. The molecule has 0 saturated carbocycles. The Morgan fingerprint density at radius 2 is 2.00 bits per heavy atom. The fourth-order valence-electron chi connectivity index (χ4n) is 5.23. The molecule has 5 heterocycles. The Morgan fingerprint density at radius 3 is 2.79 bits per heavy atom. The Hall–Kier alpha value is -3.23. The van der Waals surface area contributed by atoms with Crippen molar-refractivity contribution in [3.05, 3.63) is 58.9 Å². The molecule has 8 heteroatoms. The highest BCUT2D eigenvalue weighted by atomic mass is 32.1. The van der Waals surface area contributed by atoms with Crippen molar-refractivity contribution < 1.29 is 0 Å². The highest BCUT2D eigenvalue weighted by molar-refractivity contribution is 7.15. The average Bonchev–Trinajstić information content (AvgIpc) is 3.56. The molecule has 33 heavy (non-hydrogen) atoms. The third kappa shape index (κ3) is 3.69. The van der Waals surface area contributed by atoms with Crippen molar-refractivity contribution in [1.82, 2.24) is 30.0 Å². The molecule has 6 rings (SSSR count). The first-order chi connectivity index (χ1) is 16.2. The summed E-state index contributed by atoms with van der Waals surface area (Å²) in [6, 6.07) is 9.07. The Balaban J connectivity index is 1.27. The van der Waals surface area contributed by atoms with Crippen LogP contribution in [-0.2, 0) is 13.0 Å². The minimum Gasteiger partial charge on any atom is -0.375 e. The highest BCUT2D eigenvalue weighted by Crippen LogP contribution is 2.37. The van der Waals surface area contributed by atoms with Crippen molar-refractivity contribution in [2.24, 2.45) is 0 Å². The van der Waals surface area contributed by atoms with Gasteiger partial charge >= 0.3 is 0 Å². The molecule has 1 aromatic carbocycles. The number of aromatic nitrogens is 5. The fraction of sp³-hybridized carbons (Fsp3) is 0.320. The van der Waals surface area contributed by atoms with E-state index in [9.17, 15) is 0 Å². The second-order valence-corrected chi connectivity index (χ2v) is 9.99. The number of nitrogens with one attached hydrogen (secondary N) is 2. The summed E-state index contributed by atoms with van der Waals surface area (Å²) in [6.07, 6.45) is 8.95. The summed E-state index contributed by atoms with van der Waals surface area (Å²) < 4.78 is 0. The Labute approximate surface area is 196 Å². The smallest absolute Gasteiger partial charge is 0.180 e. The number of rotatable bonds is 5. The van der Waals surface area contributed by atoms with Crippen molar-refractivity contribution >= 4 is 38.4 Å². The lowest BCUT2D eigenvalue weighted by Gasteiger charge is -2.31. The number of likely N-dealkylation sites (tertiary alicyclic amines) is 1. The van der Waals surface area contributed by atoms with Crippen LogP contribution in [0.1, 0.15) is 41.7 Å². The molecule has 0 radical (unpaired) electrons. The number of benzene rings is 1. The topological polar surface area (TPSA) is 99.5 Å². The molecule has 4 N–H and O–H groups in total. The van der Waals surface area contributed by atoms with E-state index in [1.54, 1.807) is 11.3 Å². The van der Waals surface area contributed by atoms with Crippen LogP contribution in [0.15, 0.2) is 42.9 Å². The van der Waals surface area contributed by atoms with E-state index in [2.05, 4.69) is 61.2 Å². The van der Waals surface area contributed by atoms with Gasteiger partial charge < -0.3 is 10.7 Å². The van der Waals surface area contributed by atoms with Gasteiger partial charge in [0.05, 0.1) is 11.9 Å². The second-order valence-electron chi connectivity index (χ2n) is 8.84. The molecule has 4 aromatic heterocycles. The van der Waals surface area contributed by atoms with Gasteiger partial charge in [0.25, 0.3) is 0 Å². The van der Waals surface area contributed by atoms with Crippen molar-refractivity contribution in [2.45, 2.75) is 38.6 Å². The van der Waals surface area contributed by atoms with E-state index in [1.807, 2.05) is 18.6 Å². The van der Waals surface area contributed by atoms with Crippen molar-refractivity contribution in [2.75, 3.05) is 18.8 Å². The molecule has 0 unspecified atom stereocenters. The molecular formula is C25H27N7S. The molecule has 7 nitrogen and oxygen atoms in total. The largest absolute Gasteiger partial charge is 0.375 e. The minimum atomic E-state index is 0.599. The Morgan fingerprint density at radius 1 is 1.12 bits per heavy atom. The van der Waals surface area contributed by atoms with Crippen LogP contribution in [0.2, 0.25) is 0 Å². The van der Waals surface area contributed by atoms with Crippen molar-refractivity contribution in [3.63, 3.8) is 0 Å². The highest BCUT2D eigenvalue weighted by Gasteiger charge is 2.23. The number of aryl methyl sites for hydroxylation is 1. The number of aromatic amines is 2. The minimum absolute atomic E-state index is 0.599. The summed E-state index contributed by atoms with van der Waals surface area (Å²) >= 11 is 1.60. The van der Waals surface area contributed by atoms with Gasteiger partial charge in [-0.25, -0.2) is 9.97 Å². The van der Waals surface area contributed by atoms with Crippen LogP contribution in [-0.4, -0.2) is 43.1 Å². The number of hydrogen-bond donors (Lipinski definition) is 3. The number of nitrogens with two attached hydrogens (primary N) is 1. The van der Waals surface area contributed by atoms with Gasteiger partial charge in [-0.3, -0.25) is 10.00 Å². The van der Waals surface area contributed by atoms with E-state index in [4.69, 9.17) is 5.73 Å². The van der Waals surface area contributed by atoms with E-state index < -0.39 is 0 Å². The Bertz CT molecular complexity index is 1420. The summed E-state index contributed by atoms with van der Waals surface area (Å²) in [5, 5.41) is 10.2. The number of nitrogens with zero attached hydrogens (tertiary/aromatic N) is 4. The lowest BCUT2D eigenvalue weighted by Crippen LogP contribution is -2.32. The first kappa shape index (κ1) is 20.4. The fourth-order valence-corrected chi connectivity index (χ4v) is 5.95. The van der Waals surface area contributed by atoms with Gasteiger partial charge in [-0.05, 0) is 67.6 Å². The summed E-state index contributed by atoms with van der Waals surface area (Å²) in [6.45, 7) is 5.40. The van der Waals surface area contributed by atoms with Gasteiger partial charge in [0.1, 0.15) is 0 Å². The lowest BCUT2D eigenvalue weighted by atomic mass is 9.88. The predicted molar refractivity (Wildman–Crippen MR) is 134 cm³/mol. The molecule has 1 saturated heterocycles. The normalized spacial score (nSPS) is 15.7. The SMILES string of the molecule is CCc1c(-c2ccnc3[nH]ncc23)[nH]c2ccc(C3CCN(Cc4cnc(N)s4)CC3)cc12. The van der Waals surface area contributed by atoms with Crippen LogP contribution in [0.25, 0.3) is 33.2 Å². The molecule has 1 fully saturated rings. The van der Waals surface area contributed by atoms with E-state index in [-0.39, 0.29) is 0 Å². The van der Waals surface area contributed by atoms with Crippen LogP contribution in [0.5, 0.6) is 0 Å². The van der Waals surface area contributed by atoms with E-state index in [0.717, 1.165) is 42.7 Å². The number of hydrogen-bond acceptors (Lipinski definition) is 6. The first-order valence-corrected chi connectivity index (χ1v) is 12.4. The summed E-state index contributed by atoms with van der Waals surface area (Å²) in [5.41, 5.74) is 12.9. The molecule has 0 spiro atoms. The summed E-state index contributed by atoms with van der Waals surface area (Å²) in [5.74, 6) is 0.599. The number of H-pyrrole nitrogens is 2. The average molecular weight is 458 g/mol. The number of fused-ring (bicyclic) bond motifs is 2. The second kappa shape index (κ2) is 8.28. The summed E-state index contributed by atoms with van der Waals surface area (Å²) in [7, 11) is 0. The third-order valence-electron chi connectivity index (χ3n) is 6.92. The van der Waals surface area contributed by atoms with Crippen molar-refractivity contribution in [1.29, 1.82) is 0 Å². The molecule has 0 atom stereocenters. The van der Waals surface area contributed by atoms with Gasteiger partial charge in [-0.15, -0.1) is 11.3 Å². The maximum Gasteiger partial charge on any atom is 0.180 e. The first-order valence-electron chi connectivity index (χ1n) is 11.5. The van der Waals surface area contributed by atoms with E-state index >= 15 is 0 Å². The van der Waals surface area contributed by atoms with E-state index in [0.29, 0.717) is 11.0 Å². The number of nitrogen functional groups attached to an aromatic ring is 1. The zero-order valence-electron chi connectivity index (χ0n) is 18.6. The molecule has 1 aliphatic heterocycles. The number of piperidine rings is 1. The maximum atomic E-state index is 5.79. The van der Waals surface area contributed by atoms with Gasteiger partial charge in [-0.1, -0.05) is 13.0 Å². The van der Waals surface area contributed by atoms with Gasteiger partial charge in [-0.2, -0.15) is 5.10 Å². The standard InChI is InChI=1S/C25H27N7S/c1-2-18-20-11-16(15-6-9-32(10-7-15)14-17-12-28-25(26)33-17)3-4-22(20)30-23(18)19-5-8-27-24-21(19)13-29-31-24/h3-5,8,11-13,15,30H,2,6-7,9-10,14H2,1H3,(H2,26,28)(H,27,29,31). The van der Waals surface area contributed by atoms with Crippen LogP contribution in [0, 0.1) is 0 Å². The monoisotopic (exact) mass is 457 g/mol. The van der Waals surface area contributed by atoms with Crippen LogP contribution in [0.4, 0.5) is 5.13 Å². The van der Waals surface area contributed by atoms with E-state index in [1.165, 1.54) is 45.4 Å². The van der Waals surface area contributed by atoms with Gasteiger partial charge in [0.15, 0.2) is 10.8 Å². The summed E-state index contributed by atoms with van der Waals surface area (Å²) in [4.78, 5) is 16.0. The molecular weight excluding hydrogens is 430 g/mol. The molecule has 0 aliphatic carbocycles. The molecule has 0 bridgehead atoms. The van der Waals surface area contributed by atoms with Crippen molar-refractivity contribution in [3.8, 4) is 11.3 Å². The van der Waals surface area contributed by atoms with Gasteiger partial charge in [0.2, 0.25) is 0 Å². The quantitative estimate of drug-likeness (QED) is 0.341. The zero-order valence-corrected chi connectivity index (χ0v) is 19.5. The molecule has 168 valence electrons. The molecule has 0 amide bonds. The van der Waals surface area contributed by atoms with Crippen LogP contribution in [0.3, 0.4) is 0 Å². The third-order valence-corrected chi connectivity index (χ3v) is 7.73. The van der Waals surface area contributed by atoms with Crippen LogP contribution < -0.4 is 5.73 Å². The maximum absolute atomic E-state index is 5.79. The lowest BCUT2D eigenvalue weighted by molar-refractivity contribution is 0.206.